The highest BCUT2D eigenvalue weighted by atomic mass is 16.5. The van der Waals surface area contributed by atoms with Gasteiger partial charge in [-0.05, 0) is 63.9 Å². The summed E-state index contributed by atoms with van der Waals surface area (Å²) in [6.07, 6.45) is 6.93. The molecule has 1 aromatic rings. The molecule has 0 radical (unpaired) electrons. The van der Waals surface area contributed by atoms with Gasteiger partial charge in [-0.2, -0.15) is 0 Å². The molecular weight excluding hydrogens is 336 g/mol. The Balaban J connectivity index is 1.66. The van der Waals surface area contributed by atoms with Crippen molar-refractivity contribution in [3.05, 3.63) is 35.4 Å². The Labute approximate surface area is 165 Å². The van der Waals surface area contributed by atoms with Crippen LogP contribution in [0.4, 0.5) is 0 Å². The smallest absolute Gasteiger partial charge is 0.191 e. The molecule has 2 N–H and O–H groups in total. The molecule has 5 nitrogen and oxygen atoms in total. The molecule has 5 heteroatoms. The summed E-state index contributed by atoms with van der Waals surface area (Å²) in [6.45, 7) is 10.2. The third-order valence-corrected chi connectivity index (χ3v) is 4.90. The Bertz CT molecular complexity index is 551. The van der Waals surface area contributed by atoms with E-state index in [1.54, 1.807) is 0 Å². The average Bonchev–Trinajstić information content (AvgIpc) is 2.95. The molecule has 152 valence electrons. The highest BCUT2D eigenvalue weighted by Crippen LogP contribution is 2.10. The van der Waals surface area contributed by atoms with Crippen LogP contribution in [0.3, 0.4) is 0 Å². The van der Waals surface area contributed by atoms with Crippen LogP contribution in [0.25, 0.3) is 0 Å². The normalized spacial score (nSPS) is 16.4. The van der Waals surface area contributed by atoms with Crippen molar-refractivity contribution < 1.29 is 4.74 Å². The lowest BCUT2D eigenvalue weighted by atomic mass is 10.1. The number of hydrogen-bond acceptors (Lipinski definition) is 3. The van der Waals surface area contributed by atoms with Gasteiger partial charge in [0.1, 0.15) is 0 Å². The van der Waals surface area contributed by atoms with Crippen LogP contribution in [0.1, 0.15) is 57.1 Å². The number of guanidine groups is 1. The van der Waals surface area contributed by atoms with Crippen molar-refractivity contribution in [1.82, 2.24) is 15.5 Å². The molecule has 1 saturated heterocycles. The van der Waals surface area contributed by atoms with E-state index in [-0.39, 0.29) is 6.10 Å². The fourth-order valence-corrected chi connectivity index (χ4v) is 3.37. The molecule has 0 aliphatic carbocycles. The van der Waals surface area contributed by atoms with Gasteiger partial charge in [-0.25, -0.2) is 0 Å². The fourth-order valence-electron chi connectivity index (χ4n) is 3.37. The lowest BCUT2D eigenvalue weighted by Gasteiger charge is -2.20. The summed E-state index contributed by atoms with van der Waals surface area (Å²) in [5, 5.41) is 6.85. The number of likely N-dealkylation sites (tertiary alicyclic amines) is 1. The van der Waals surface area contributed by atoms with Crippen LogP contribution in [0.5, 0.6) is 0 Å². The maximum Gasteiger partial charge on any atom is 0.191 e. The topological polar surface area (TPSA) is 48.9 Å². The summed E-state index contributed by atoms with van der Waals surface area (Å²) < 4.78 is 5.69. The molecule has 1 aliphatic rings. The minimum absolute atomic E-state index is 0.254. The van der Waals surface area contributed by atoms with Crippen LogP contribution < -0.4 is 10.6 Å². The molecule has 0 unspecified atom stereocenters. The lowest BCUT2D eigenvalue weighted by molar-refractivity contribution is 0.0657. The standard InChI is InChI=1S/C22H38N4O/c1-19(2)27-18-21-11-8-10-20(16-21)17-25-22(23-3)24-12-9-15-26-13-6-4-5-7-14-26/h8,10-11,16,19H,4-7,9,12-15,17-18H2,1-3H3,(H2,23,24,25). The number of rotatable bonds is 9. The van der Waals surface area contributed by atoms with Crippen LogP contribution in [0.2, 0.25) is 0 Å². The van der Waals surface area contributed by atoms with E-state index >= 15 is 0 Å². The first-order valence-corrected chi connectivity index (χ1v) is 10.5. The number of nitrogens with one attached hydrogen (secondary N) is 2. The van der Waals surface area contributed by atoms with E-state index in [4.69, 9.17) is 4.74 Å². The van der Waals surface area contributed by atoms with E-state index in [1.807, 2.05) is 7.05 Å². The van der Waals surface area contributed by atoms with E-state index in [9.17, 15) is 0 Å². The zero-order chi connectivity index (χ0) is 19.3. The number of benzene rings is 1. The van der Waals surface area contributed by atoms with Crippen molar-refractivity contribution >= 4 is 5.96 Å². The predicted octanol–water partition coefficient (Wildman–Crippen LogP) is 3.54. The Morgan fingerprint density at radius 3 is 2.56 bits per heavy atom. The van der Waals surface area contributed by atoms with Gasteiger partial charge >= 0.3 is 0 Å². The molecule has 0 bridgehead atoms. The quantitative estimate of drug-likeness (QED) is 0.394. The summed E-state index contributed by atoms with van der Waals surface area (Å²) in [7, 11) is 1.83. The van der Waals surface area contributed by atoms with E-state index in [0.29, 0.717) is 6.61 Å². The van der Waals surface area contributed by atoms with Crippen LogP contribution >= 0.6 is 0 Å². The van der Waals surface area contributed by atoms with E-state index in [2.05, 4.69) is 58.6 Å². The third kappa shape index (κ3) is 9.25. The van der Waals surface area contributed by atoms with Gasteiger partial charge < -0.3 is 20.3 Å². The van der Waals surface area contributed by atoms with Gasteiger partial charge in [-0.15, -0.1) is 0 Å². The molecule has 0 saturated carbocycles. The van der Waals surface area contributed by atoms with Crippen molar-refractivity contribution in [2.75, 3.05) is 33.2 Å². The Hall–Kier alpha value is -1.59. The second-order valence-electron chi connectivity index (χ2n) is 7.64. The monoisotopic (exact) mass is 374 g/mol. The van der Waals surface area contributed by atoms with Gasteiger partial charge in [0.2, 0.25) is 0 Å². The molecule has 0 spiro atoms. The molecule has 0 amide bonds. The van der Waals surface area contributed by atoms with Crippen molar-refractivity contribution in [3.8, 4) is 0 Å². The highest BCUT2D eigenvalue weighted by Gasteiger charge is 2.08. The van der Waals surface area contributed by atoms with Gasteiger partial charge in [0.05, 0.1) is 12.7 Å². The summed E-state index contributed by atoms with van der Waals surface area (Å²) in [5.74, 6) is 0.870. The zero-order valence-electron chi connectivity index (χ0n) is 17.5. The molecule has 1 aromatic carbocycles. The minimum atomic E-state index is 0.254. The van der Waals surface area contributed by atoms with Gasteiger partial charge in [0.15, 0.2) is 5.96 Å². The van der Waals surface area contributed by atoms with E-state index in [1.165, 1.54) is 56.4 Å². The SMILES string of the molecule is CN=C(NCCCN1CCCCCC1)NCc1cccc(COC(C)C)c1. The van der Waals surface area contributed by atoms with Gasteiger partial charge in [0.25, 0.3) is 0 Å². The zero-order valence-corrected chi connectivity index (χ0v) is 17.5. The molecular formula is C22H38N4O. The van der Waals surface area contributed by atoms with Crippen molar-refractivity contribution in [1.29, 1.82) is 0 Å². The van der Waals surface area contributed by atoms with Crippen LogP contribution in [0, 0.1) is 0 Å². The molecule has 27 heavy (non-hydrogen) atoms. The fraction of sp³-hybridized carbons (Fsp3) is 0.682. The maximum absolute atomic E-state index is 5.69. The number of ether oxygens (including phenoxy) is 1. The Kier molecular flexibility index (Phi) is 10.2. The van der Waals surface area contributed by atoms with E-state index < -0.39 is 0 Å². The first-order chi connectivity index (χ1) is 13.2. The molecule has 2 rings (SSSR count). The van der Waals surface area contributed by atoms with Gasteiger partial charge in [-0.3, -0.25) is 4.99 Å². The molecule has 1 heterocycles. The first-order valence-electron chi connectivity index (χ1n) is 10.5. The molecule has 1 fully saturated rings. The number of aliphatic imine (C=N–C) groups is 1. The van der Waals surface area contributed by atoms with E-state index in [0.717, 1.165) is 25.5 Å². The third-order valence-electron chi connectivity index (χ3n) is 4.90. The summed E-state index contributed by atoms with van der Waals surface area (Å²) in [6, 6.07) is 8.54. The molecule has 0 aromatic heterocycles. The molecule has 1 aliphatic heterocycles. The predicted molar refractivity (Wildman–Crippen MR) is 114 cm³/mol. The van der Waals surface area contributed by atoms with Gasteiger partial charge in [-0.1, -0.05) is 37.1 Å². The minimum Gasteiger partial charge on any atom is -0.374 e. The second kappa shape index (κ2) is 12.7. The maximum atomic E-state index is 5.69. The van der Waals surface area contributed by atoms with Gasteiger partial charge in [0, 0.05) is 20.1 Å². The van der Waals surface area contributed by atoms with Crippen LogP contribution in [-0.4, -0.2) is 50.2 Å². The largest absolute Gasteiger partial charge is 0.374 e. The Morgan fingerprint density at radius 1 is 1.11 bits per heavy atom. The second-order valence-corrected chi connectivity index (χ2v) is 7.64. The summed E-state index contributed by atoms with van der Waals surface area (Å²) >= 11 is 0. The highest BCUT2D eigenvalue weighted by molar-refractivity contribution is 5.79. The number of hydrogen-bond donors (Lipinski definition) is 2. The summed E-state index contributed by atoms with van der Waals surface area (Å²) in [5.41, 5.74) is 2.45. The summed E-state index contributed by atoms with van der Waals surface area (Å²) in [4.78, 5) is 6.95. The van der Waals surface area contributed by atoms with Crippen molar-refractivity contribution in [3.63, 3.8) is 0 Å². The average molecular weight is 375 g/mol. The van der Waals surface area contributed by atoms with Crippen molar-refractivity contribution in [2.45, 2.75) is 65.2 Å². The van der Waals surface area contributed by atoms with Crippen molar-refractivity contribution in [2.24, 2.45) is 4.99 Å². The molecule has 0 atom stereocenters. The van der Waals surface area contributed by atoms with Crippen LogP contribution in [0.15, 0.2) is 29.3 Å². The lowest BCUT2D eigenvalue weighted by Crippen LogP contribution is -2.38. The van der Waals surface area contributed by atoms with Crippen LogP contribution in [-0.2, 0) is 17.9 Å². The number of nitrogens with zero attached hydrogens (tertiary/aromatic N) is 2. The Morgan fingerprint density at radius 2 is 1.85 bits per heavy atom. The first kappa shape index (κ1) is 21.7.